The van der Waals surface area contributed by atoms with E-state index in [0.29, 0.717) is 17.2 Å². The number of amides is 1. The summed E-state index contributed by atoms with van der Waals surface area (Å²) in [6, 6.07) is 0.518. The van der Waals surface area contributed by atoms with E-state index in [1.807, 2.05) is 11.8 Å². The fraction of sp³-hybridized carbons (Fsp3) is 0.933. The van der Waals surface area contributed by atoms with E-state index in [9.17, 15) is 4.79 Å². The Kier molecular flexibility index (Phi) is 5.58. The number of carbonyl (C=O) groups is 1. The van der Waals surface area contributed by atoms with Gasteiger partial charge in [0.2, 0.25) is 5.91 Å². The molecule has 0 bridgehead atoms. The first-order chi connectivity index (χ1) is 9.19. The van der Waals surface area contributed by atoms with Crippen molar-refractivity contribution in [2.24, 2.45) is 0 Å². The van der Waals surface area contributed by atoms with Crippen LogP contribution >= 0.6 is 11.8 Å². The van der Waals surface area contributed by atoms with Crippen LogP contribution in [0.25, 0.3) is 0 Å². The summed E-state index contributed by atoms with van der Waals surface area (Å²) >= 11 is 1.94. The van der Waals surface area contributed by atoms with Gasteiger partial charge in [0.25, 0.3) is 0 Å². The predicted octanol–water partition coefficient (Wildman–Crippen LogP) is 3.00. The zero-order chi connectivity index (χ0) is 13.8. The summed E-state index contributed by atoms with van der Waals surface area (Å²) < 4.78 is 0. The van der Waals surface area contributed by atoms with Crippen molar-refractivity contribution in [1.29, 1.82) is 0 Å². The van der Waals surface area contributed by atoms with E-state index in [-0.39, 0.29) is 12.2 Å². The second kappa shape index (κ2) is 6.98. The molecule has 4 atom stereocenters. The van der Waals surface area contributed by atoms with Gasteiger partial charge in [-0.3, -0.25) is 10.1 Å². The zero-order valence-electron chi connectivity index (χ0n) is 12.5. The van der Waals surface area contributed by atoms with Crippen molar-refractivity contribution in [1.82, 2.24) is 10.2 Å². The third kappa shape index (κ3) is 3.27. The maximum atomic E-state index is 12.6. The Morgan fingerprint density at radius 2 is 2.11 bits per heavy atom. The Labute approximate surface area is 121 Å². The maximum Gasteiger partial charge on any atom is 0.241 e. The van der Waals surface area contributed by atoms with Crippen molar-refractivity contribution in [2.45, 2.75) is 82.3 Å². The monoisotopic (exact) mass is 284 g/mol. The number of carbonyl (C=O) groups excluding carboxylic acids is 1. The SMILES string of the molecule is CCCCC1NC(C)N(C2CCCCC2SC)C1=O. The molecule has 1 heterocycles. The van der Waals surface area contributed by atoms with Crippen molar-refractivity contribution in [2.75, 3.05) is 6.26 Å². The highest BCUT2D eigenvalue weighted by Crippen LogP contribution is 2.33. The first-order valence-corrected chi connectivity index (χ1v) is 9.08. The van der Waals surface area contributed by atoms with Crippen LogP contribution in [-0.4, -0.2) is 40.6 Å². The molecule has 0 aromatic heterocycles. The van der Waals surface area contributed by atoms with Gasteiger partial charge in [0.05, 0.1) is 12.2 Å². The maximum absolute atomic E-state index is 12.6. The lowest BCUT2D eigenvalue weighted by molar-refractivity contribution is -0.132. The van der Waals surface area contributed by atoms with Crippen LogP contribution in [0.5, 0.6) is 0 Å². The lowest BCUT2D eigenvalue weighted by atomic mass is 9.93. The Balaban J connectivity index is 2.04. The molecule has 1 aliphatic heterocycles. The molecule has 4 heteroatoms. The first-order valence-electron chi connectivity index (χ1n) is 7.80. The highest BCUT2D eigenvalue weighted by atomic mass is 32.2. The van der Waals surface area contributed by atoms with E-state index in [1.165, 1.54) is 25.7 Å². The molecule has 0 radical (unpaired) electrons. The molecule has 110 valence electrons. The van der Waals surface area contributed by atoms with Gasteiger partial charge in [0, 0.05) is 11.3 Å². The highest BCUT2D eigenvalue weighted by Gasteiger charge is 2.42. The van der Waals surface area contributed by atoms with Crippen LogP contribution in [0.2, 0.25) is 0 Å². The van der Waals surface area contributed by atoms with Crippen molar-refractivity contribution in [3.63, 3.8) is 0 Å². The predicted molar refractivity (Wildman–Crippen MR) is 82.3 cm³/mol. The minimum atomic E-state index is 0.0689. The summed E-state index contributed by atoms with van der Waals surface area (Å²) in [6.07, 6.45) is 10.8. The number of hydrogen-bond donors (Lipinski definition) is 1. The van der Waals surface area contributed by atoms with E-state index in [2.05, 4.69) is 30.3 Å². The molecule has 2 aliphatic rings. The molecule has 1 aliphatic carbocycles. The number of unbranched alkanes of at least 4 members (excludes halogenated alkanes) is 1. The fourth-order valence-electron chi connectivity index (χ4n) is 3.55. The minimum absolute atomic E-state index is 0.0689. The van der Waals surface area contributed by atoms with E-state index in [4.69, 9.17) is 0 Å². The number of hydrogen-bond acceptors (Lipinski definition) is 3. The topological polar surface area (TPSA) is 32.3 Å². The van der Waals surface area contributed by atoms with Gasteiger partial charge >= 0.3 is 0 Å². The lowest BCUT2D eigenvalue weighted by Gasteiger charge is -2.39. The smallest absolute Gasteiger partial charge is 0.241 e. The minimum Gasteiger partial charge on any atom is -0.322 e. The molecule has 1 amide bonds. The molecule has 0 spiro atoms. The zero-order valence-corrected chi connectivity index (χ0v) is 13.3. The normalized spacial score (nSPS) is 35.9. The summed E-state index contributed by atoms with van der Waals surface area (Å²) in [5, 5.41) is 4.13. The van der Waals surface area contributed by atoms with Gasteiger partial charge in [-0.1, -0.05) is 32.6 Å². The quantitative estimate of drug-likeness (QED) is 0.842. The Hall–Kier alpha value is -0.220. The van der Waals surface area contributed by atoms with Crippen molar-refractivity contribution in [3.05, 3.63) is 0 Å². The van der Waals surface area contributed by atoms with Crippen molar-refractivity contribution in [3.8, 4) is 0 Å². The van der Waals surface area contributed by atoms with Crippen LogP contribution in [-0.2, 0) is 4.79 Å². The van der Waals surface area contributed by atoms with Gasteiger partial charge in [0.15, 0.2) is 0 Å². The van der Waals surface area contributed by atoms with Crippen LogP contribution in [0.4, 0.5) is 0 Å². The molecule has 0 aromatic carbocycles. The molecule has 2 fully saturated rings. The number of rotatable bonds is 5. The van der Waals surface area contributed by atoms with Crippen molar-refractivity contribution >= 4 is 17.7 Å². The van der Waals surface area contributed by atoms with Gasteiger partial charge in [-0.05, 0) is 32.4 Å². The second-order valence-electron chi connectivity index (χ2n) is 5.91. The fourth-order valence-corrected chi connectivity index (χ4v) is 4.53. The molecule has 19 heavy (non-hydrogen) atoms. The summed E-state index contributed by atoms with van der Waals surface area (Å²) in [4.78, 5) is 14.8. The average Bonchev–Trinajstić information content (AvgIpc) is 2.71. The summed E-state index contributed by atoms with van der Waals surface area (Å²) in [5.41, 5.74) is 0. The van der Waals surface area contributed by atoms with E-state index in [0.717, 1.165) is 19.3 Å². The van der Waals surface area contributed by atoms with Crippen LogP contribution in [0, 0.1) is 0 Å². The average molecular weight is 284 g/mol. The van der Waals surface area contributed by atoms with Gasteiger partial charge in [-0.15, -0.1) is 0 Å². The van der Waals surface area contributed by atoms with E-state index < -0.39 is 0 Å². The number of nitrogens with one attached hydrogen (secondary N) is 1. The Bertz CT molecular complexity index is 311. The summed E-state index contributed by atoms with van der Waals surface area (Å²) in [6.45, 7) is 4.33. The van der Waals surface area contributed by atoms with Crippen LogP contribution in [0.1, 0.15) is 58.8 Å². The molecule has 0 aromatic rings. The molecular formula is C15H28N2OS. The van der Waals surface area contributed by atoms with Gasteiger partial charge in [-0.2, -0.15) is 11.8 Å². The Morgan fingerprint density at radius 1 is 1.37 bits per heavy atom. The molecule has 1 N–H and O–H groups in total. The summed E-state index contributed by atoms with van der Waals surface area (Å²) in [7, 11) is 0. The molecule has 2 rings (SSSR count). The molecule has 1 saturated carbocycles. The van der Waals surface area contributed by atoms with Gasteiger partial charge in [0.1, 0.15) is 0 Å². The van der Waals surface area contributed by atoms with Gasteiger partial charge < -0.3 is 4.90 Å². The van der Waals surface area contributed by atoms with E-state index in [1.54, 1.807) is 0 Å². The number of nitrogens with zero attached hydrogens (tertiary/aromatic N) is 1. The first kappa shape index (κ1) is 15.2. The molecule has 3 nitrogen and oxygen atoms in total. The second-order valence-corrected chi connectivity index (χ2v) is 6.99. The van der Waals surface area contributed by atoms with Gasteiger partial charge in [-0.25, -0.2) is 0 Å². The third-order valence-corrected chi connectivity index (χ3v) is 5.74. The largest absolute Gasteiger partial charge is 0.322 e. The van der Waals surface area contributed by atoms with E-state index >= 15 is 0 Å². The standard InChI is InChI=1S/C15H28N2OS/c1-4-5-8-12-15(18)17(11(2)16-12)13-9-6-7-10-14(13)19-3/h11-14,16H,4-10H2,1-3H3. The molecule has 1 saturated heterocycles. The third-order valence-electron chi connectivity index (χ3n) is 4.59. The number of thioether (sulfide) groups is 1. The van der Waals surface area contributed by atoms with Crippen molar-refractivity contribution < 1.29 is 4.79 Å². The highest BCUT2D eigenvalue weighted by molar-refractivity contribution is 7.99. The Morgan fingerprint density at radius 3 is 2.79 bits per heavy atom. The van der Waals surface area contributed by atoms with Crippen LogP contribution in [0.15, 0.2) is 0 Å². The van der Waals surface area contributed by atoms with Crippen LogP contribution < -0.4 is 5.32 Å². The van der Waals surface area contributed by atoms with Crippen LogP contribution in [0.3, 0.4) is 0 Å². The molecule has 4 unspecified atom stereocenters. The molecular weight excluding hydrogens is 256 g/mol. The lowest BCUT2D eigenvalue weighted by Crippen LogP contribution is -2.49. The summed E-state index contributed by atoms with van der Waals surface area (Å²) in [5.74, 6) is 0.354.